The van der Waals surface area contributed by atoms with Gasteiger partial charge in [0.1, 0.15) is 9.84 Å². The number of hydrogen-bond donors (Lipinski definition) is 2. The van der Waals surface area contributed by atoms with E-state index in [1.807, 2.05) is 30.5 Å². The third-order valence-corrected chi connectivity index (χ3v) is 4.28. The minimum absolute atomic E-state index is 0.130. The first-order valence-corrected chi connectivity index (χ1v) is 8.53. The number of rotatable bonds is 6. The maximum absolute atomic E-state index is 11.2. The van der Waals surface area contributed by atoms with E-state index in [2.05, 4.69) is 5.43 Å². The zero-order chi connectivity index (χ0) is 12.9. The quantitative estimate of drug-likeness (QED) is 0.465. The molecular weight excluding hydrogens is 256 g/mol. The molecule has 0 saturated carbocycles. The second-order valence-corrected chi connectivity index (χ2v) is 6.99. The maximum Gasteiger partial charge on any atom is 0.147 e. The van der Waals surface area contributed by atoms with Gasteiger partial charge in [0.25, 0.3) is 0 Å². The van der Waals surface area contributed by atoms with Gasteiger partial charge in [0.15, 0.2) is 0 Å². The zero-order valence-corrected chi connectivity index (χ0v) is 11.6. The number of hydrogen-bond acceptors (Lipinski definition) is 5. The van der Waals surface area contributed by atoms with E-state index in [4.69, 9.17) is 5.84 Å². The summed E-state index contributed by atoms with van der Waals surface area (Å²) in [5, 5.41) is 0. The normalized spacial score (nSPS) is 13.6. The molecule has 1 atom stereocenters. The summed E-state index contributed by atoms with van der Waals surface area (Å²) >= 11 is 1.63. The summed E-state index contributed by atoms with van der Waals surface area (Å²) in [5.74, 6) is 5.63. The van der Waals surface area contributed by atoms with Crippen LogP contribution >= 0.6 is 11.8 Å². The fourth-order valence-corrected chi connectivity index (χ4v) is 2.94. The molecule has 4 nitrogen and oxygen atoms in total. The molecule has 0 aliphatic heterocycles. The SMILES string of the molecule is CSc1ccccc1C(CCS(C)(=O)=O)NN. The predicted molar refractivity (Wildman–Crippen MR) is 72.6 cm³/mol. The summed E-state index contributed by atoms with van der Waals surface area (Å²) in [6.07, 6.45) is 3.71. The van der Waals surface area contributed by atoms with E-state index in [0.717, 1.165) is 10.5 Å². The van der Waals surface area contributed by atoms with Crippen molar-refractivity contribution in [2.75, 3.05) is 18.3 Å². The van der Waals surface area contributed by atoms with Crippen molar-refractivity contribution in [2.24, 2.45) is 5.84 Å². The van der Waals surface area contributed by atoms with Crippen LogP contribution in [0, 0.1) is 0 Å². The van der Waals surface area contributed by atoms with E-state index in [1.54, 1.807) is 11.8 Å². The van der Waals surface area contributed by atoms with Crippen LogP contribution in [0.1, 0.15) is 18.0 Å². The smallest absolute Gasteiger partial charge is 0.147 e. The number of nitrogens with two attached hydrogens (primary N) is 1. The fourth-order valence-electron chi connectivity index (χ4n) is 1.61. The molecule has 0 amide bonds. The molecule has 0 aliphatic carbocycles. The topological polar surface area (TPSA) is 72.2 Å². The highest BCUT2D eigenvalue weighted by atomic mass is 32.2. The van der Waals surface area contributed by atoms with Crippen molar-refractivity contribution in [3.8, 4) is 0 Å². The molecule has 1 aromatic carbocycles. The van der Waals surface area contributed by atoms with E-state index >= 15 is 0 Å². The van der Waals surface area contributed by atoms with Gasteiger partial charge in [0, 0.05) is 17.2 Å². The molecule has 6 heteroatoms. The van der Waals surface area contributed by atoms with Crippen LogP contribution in [0.2, 0.25) is 0 Å². The van der Waals surface area contributed by atoms with Gasteiger partial charge < -0.3 is 0 Å². The van der Waals surface area contributed by atoms with Crippen molar-refractivity contribution in [3.63, 3.8) is 0 Å². The summed E-state index contributed by atoms with van der Waals surface area (Å²) in [5.41, 5.74) is 3.74. The Morgan fingerprint density at radius 3 is 2.59 bits per heavy atom. The summed E-state index contributed by atoms with van der Waals surface area (Å²) in [6.45, 7) is 0. The molecule has 1 rings (SSSR count). The zero-order valence-electron chi connectivity index (χ0n) is 10.0. The van der Waals surface area contributed by atoms with Gasteiger partial charge in [-0.05, 0) is 24.3 Å². The van der Waals surface area contributed by atoms with Crippen molar-refractivity contribution in [1.29, 1.82) is 0 Å². The Hall–Kier alpha value is -0.560. The van der Waals surface area contributed by atoms with Gasteiger partial charge in [-0.25, -0.2) is 8.42 Å². The van der Waals surface area contributed by atoms with E-state index < -0.39 is 9.84 Å². The standard InChI is InChI=1S/C11H18N2O2S2/c1-16-11-6-4-3-5-9(11)10(13-12)7-8-17(2,14)15/h3-6,10,13H,7-8,12H2,1-2H3. The van der Waals surface area contributed by atoms with Gasteiger partial charge >= 0.3 is 0 Å². The molecule has 0 heterocycles. The highest BCUT2D eigenvalue weighted by molar-refractivity contribution is 7.98. The lowest BCUT2D eigenvalue weighted by molar-refractivity contribution is 0.525. The Kier molecular flexibility index (Phi) is 5.45. The minimum atomic E-state index is -2.96. The van der Waals surface area contributed by atoms with Crippen molar-refractivity contribution in [2.45, 2.75) is 17.4 Å². The lowest BCUT2D eigenvalue weighted by Gasteiger charge is -2.18. The first-order chi connectivity index (χ1) is 7.98. The molecule has 3 N–H and O–H groups in total. The minimum Gasteiger partial charge on any atom is -0.271 e. The van der Waals surface area contributed by atoms with E-state index in [-0.39, 0.29) is 11.8 Å². The second-order valence-electron chi connectivity index (χ2n) is 3.88. The van der Waals surface area contributed by atoms with Crippen LogP contribution < -0.4 is 11.3 Å². The lowest BCUT2D eigenvalue weighted by atomic mass is 10.1. The molecule has 96 valence electrons. The summed E-state index contributed by atoms with van der Waals surface area (Å²) in [4.78, 5) is 1.11. The Labute approximate surface area is 107 Å². The Morgan fingerprint density at radius 2 is 2.06 bits per heavy atom. The van der Waals surface area contributed by atoms with Crippen LogP contribution in [0.4, 0.5) is 0 Å². The van der Waals surface area contributed by atoms with Crippen molar-refractivity contribution in [3.05, 3.63) is 29.8 Å². The number of thioether (sulfide) groups is 1. The molecule has 1 unspecified atom stereocenters. The highest BCUT2D eigenvalue weighted by Crippen LogP contribution is 2.27. The van der Waals surface area contributed by atoms with Gasteiger partial charge in [-0.3, -0.25) is 11.3 Å². The third kappa shape index (κ3) is 4.67. The second kappa shape index (κ2) is 6.39. The number of hydrazine groups is 1. The average molecular weight is 274 g/mol. The van der Waals surface area contributed by atoms with Crippen LogP contribution in [-0.4, -0.2) is 26.7 Å². The van der Waals surface area contributed by atoms with Crippen LogP contribution in [0.25, 0.3) is 0 Å². The van der Waals surface area contributed by atoms with E-state index in [1.165, 1.54) is 6.26 Å². The van der Waals surface area contributed by atoms with Gasteiger partial charge in [0.05, 0.1) is 5.75 Å². The van der Waals surface area contributed by atoms with E-state index in [9.17, 15) is 8.42 Å². The van der Waals surface area contributed by atoms with Gasteiger partial charge in [-0.1, -0.05) is 18.2 Å². The fraction of sp³-hybridized carbons (Fsp3) is 0.455. The van der Waals surface area contributed by atoms with Crippen LogP contribution in [0.3, 0.4) is 0 Å². The van der Waals surface area contributed by atoms with E-state index in [0.29, 0.717) is 6.42 Å². The predicted octanol–water partition coefficient (Wildman–Crippen LogP) is 1.35. The molecule has 0 saturated heterocycles. The molecule has 0 radical (unpaired) electrons. The van der Waals surface area contributed by atoms with Crippen LogP contribution in [0.15, 0.2) is 29.2 Å². The van der Waals surface area contributed by atoms with Gasteiger partial charge in [-0.15, -0.1) is 11.8 Å². The molecule has 0 aliphatic rings. The van der Waals surface area contributed by atoms with Gasteiger partial charge in [0.2, 0.25) is 0 Å². The van der Waals surface area contributed by atoms with Gasteiger partial charge in [-0.2, -0.15) is 0 Å². The first-order valence-electron chi connectivity index (χ1n) is 5.24. The van der Waals surface area contributed by atoms with Crippen LogP contribution in [-0.2, 0) is 9.84 Å². The third-order valence-electron chi connectivity index (χ3n) is 2.49. The number of benzene rings is 1. The van der Waals surface area contributed by atoms with Crippen molar-refractivity contribution in [1.82, 2.24) is 5.43 Å². The Bertz CT molecular complexity index is 460. The maximum atomic E-state index is 11.2. The first kappa shape index (κ1) is 14.5. The summed E-state index contributed by atoms with van der Waals surface area (Å²) in [6, 6.07) is 7.73. The number of nitrogens with one attached hydrogen (secondary N) is 1. The molecule has 17 heavy (non-hydrogen) atoms. The monoisotopic (exact) mass is 274 g/mol. The largest absolute Gasteiger partial charge is 0.271 e. The molecule has 0 aromatic heterocycles. The summed E-state index contributed by atoms with van der Waals surface area (Å²) < 4.78 is 22.3. The molecule has 1 aromatic rings. The van der Waals surface area contributed by atoms with Crippen molar-refractivity contribution < 1.29 is 8.42 Å². The molecule has 0 fully saturated rings. The van der Waals surface area contributed by atoms with Crippen molar-refractivity contribution >= 4 is 21.6 Å². The Morgan fingerprint density at radius 1 is 1.41 bits per heavy atom. The highest BCUT2D eigenvalue weighted by Gasteiger charge is 2.15. The molecular formula is C11H18N2O2S2. The number of sulfone groups is 1. The van der Waals surface area contributed by atoms with Crippen LogP contribution in [0.5, 0.6) is 0 Å². The summed E-state index contributed by atoms with van der Waals surface area (Å²) in [7, 11) is -2.96. The lowest BCUT2D eigenvalue weighted by Crippen LogP contribution is -2.30. The average Bonchev–Trinajstić information content (AvgIpc) is 2.29. The Balaban J connectivity index is 2.86. The molecule has 0 bridgehead atoms. The molecule has 0 spiro atoms.